The van der Waals surface area contributed by atoms with Crippen molar-refractivity contribution >= 4 is 28.7 Å². The van der Waals surface area contributed by atoms with Crippen LogP contribution >= 0.6 is 11.8 Å². The molecule has 2 aliphatic rings. The van der Waals surface area contributed by atoms with E-state index in [1.54, 1.807) is 0 Å². The van der Waals surface area contributed by atoms with E-state index < -0.39 is 0 Å². The van der Waals surface area contributed by atoms with E-state index in [9.17, 15) is 14.4 Å². The van der Waals surface area contributed by atoms with Gasteiger partial charge in [0.1, 0.15) is 0 Å². The van der Waals surface area contributed by atoms with Gasteiger partial charge in [-0.25, -0.2) is 0 Å². The van der Waals surface area contributed by atoms with Crippen molar-refractivity contribution in [3.05, 3.63) is 34.9 Å². The van der Waals surface area contributed by atoms with Crippen molar-refractivity contribution in [2.24, 2.45) is 0 Å². The van der Waals surface area contributed by atoms with Crippen molar-refractivity contribution in [3.63, 3.8) is 0 Å². The van der Waals surface area contributed by atoms with Gasteiger partial charge in [0.15, 0.2) is 5.78 Å². The van der Waals surface area contributed by atoms with Crippen LogP contribution in [-0.2, 0) is 17.6 Å². The molecule has 104 valence electrons. The van der Waals surface area contributed by atoms with Gasteiger partial charge in [-0.2, -0.15) is 0 Å². The summed E-state index contributed by atoms with van der Waals surface area (Å²) in [6.07, 6.45) is 4.44. The Morgan fingerprint density at radius 2 is 1.90 bits per heavy atom. The Bertz CT molecular complexity index is 581. The zero-order valence-corrected chi connectivity index (χ0v) is 11.9. The molecular weight excluding hydrogens is 274 g/mol. The van der Waals surface area contributed by atoms with Gasteiger partial charge in [0.2, 0.25) is 5.91 Å². The molecule has 1 fully saturated rings. The molecule has 4 nitrogen and oxygen atoms in total. The number of hydrogen-bond donors (Lipinski definition) is 0. The summed E-state index contributed by atoms with van der Waals surface area (Å²) in [5, 5.41) is -0.318. The lowest BCUT2D eigenvalue weighted by molar-refractivity contribution is -0.124. The van der Waals surface area contributed by atoms with E-state index in [0.29, 0.717) is 5.56 Å². The van der Waals surface area contributed by atoms with Gasteiger partial charge >= 0.3 is 0 Å². The number of aryl methyl sites for hydroxylation is 2. The van der Waals surface area contributed by atoms with E-state index >= 15 is 0 Å². The summed E-state index contributed by atoms with van der Waals surface area (Å²) in [5.74, 6) is -0.287. The van der Waals surface area contributed by atoms with Crippen molar-refractivity contribution in [1.82, 2.24) is 4.90 Å². The first-order chi connectivity index (χ1) is 9.65. The molecule has 1 aromatic carbocycles. The first-order valence-corrected chi connectivity index (χ1v) is 7.76. The SMILES string of the molecule is O=C(CN1C(=O)CSC1=O)c1ccc2c(c1)CCCC2. The molecule has 5 heteroatoms. The maximum absolute atomic E-state index is 12.2. The fraction of sp³-hybridized carbons (Fsp3) is 0.400. The third kappa shape index (κ3) is 2.50. The molecule has 20 heavy (non-hydrogen) atoms. The molecule has 0 spiro atoms. The molecule has 0 unspecified atom stereocenters. The van der Waals surface area contributed by atoms with Gasteiger partial charge in [0.05, 0.1) is 12.3 Å². The van der Waals surface area contributed by atoms with Crippen LogP contribution in [0.2, 0.25) is 0 Å². The zero-order chi connectivity index (χ0) is 14.1. The molecule has 0 radical (unpaired) electrons. The fourth-order valence-corrected chi connectivity index (χ4v) is 3.40. The van der Waals surface area contributed by atoms with Crippen molar-refractivity contribution in [2.75, 3.05) is 12.3 Å². The van der Waals surface area contributed by atoms with Crippen LogP contribution in [0.4, 0.5) is 4.79 Å². The summed E-state index contributed by atoms with van der Waals surface area (Å²) >= 11 is 0.959. The Balaban J connectivity index is 1.77. The molecule has 1 aliphatic carbocycles. The molecular formula is C15H15NO3S. The number of ketones is 1. The molecule has 2 amide bonds. The highest BCUT2D eigenvalue weighted by Gasteiger charge is 2.31. The number of rotatable bonds is 3. The van der Waals surface area contributed by atoms with Gasteiger partial charge in [-0.15, -0.1) is 0 Å². The van der Waals surface area contributed by atoms with Crippen LogP contribution in [-0.4, -0.2) is 34.1 Å². The number of fused-ring (bicyclic) bond motifs is 1. The number of thioether (sulfide) groups is 1. The van der Waals surface area contributed by atoms with Gasteiger partial charge in [-0.1, -0.05) is 23.9 Å². The van der Waals surface area contributed by atoms with Gasteiger partial charge in [0, 0.05) is 5.56 Å². The Hall–Kier alpha value is -1.62. The van der Waals surface area contributed by atoms with Crippen molar-refractivity contribution in [1.29, 1.82) is 0 Å². The molecule has 0 N–H and O–H groups in total. The Morgan fingerprint density at radius 1 is 1.15 bits per heavy atom. The van der Waals surface area contributed by atoms with E-state index in [1.807, 2.05) is 18.2 Å². The first-order valence-electron chi connectivity index (χ1n) is 6.77. The van der Waals surface area contributed by atoms with Crippen LogP contribution in [0.25, 0.3) is 0 Å². The number of benzene rings is 1. The van der Waals surface area contributed by atoms with Crippen molar-refractivity contribution < 1.29 is 14.4 Å². The molecule has 0 atom stereocenters. The lowest BCUT2D eigenvalue weighted by Gasteiger charge is -2.17. The smallest absolute Gasteiger partial charge is 0.289 e. The molecule has 0 bridgehead atoms. The highest BCUT2D eigenvalue weighted by molar-refractivity contribution is 8.14. The van der Waals surface area contributed by atoms with Crippen molar-refractivity contribution in [2.45, 2.75) is 25.7 Å². The number of carbonyl (C=O) groups is 3. The van der Waals surface area contributed by atoms with Gasteiger partial charge < -0.3 is 0 Å². The third-order valence-electron chi connectivity index (χ3n) is 3.81. The molecule has 1 heterocycles. The number of amides is 2. The predicted molar refractivity (Wildman–Crippen MR) is 77.0 cm³/mol. The minimum Gasteiger partial charge on any atom is -0.292 e. The van der Waals surface area contributed by atoms with Crippen molar-refractivity contribution in [3.8, 4) is 0 Å². The molecule has 1 saturated heterocycles. The average molecular weight is 289 g/mol. The number of nitrogens with zero attached hydrogens (tertiary/aromatic N) is 1. The number of carbonyl (C=O) groups excluding carboxylic acids is 3. The van der Waals surface area contributed by atoms with E-state index in [2.05, 4.69) is 0 Å². The highest BCUT2D eigenvalue weighted by Crippen LogP contribution is 2.23. The Morgan fingerprint density at radius 3 is 2.60 bits per heavy atom. The number of Topliss-reactive ketones (excluding diaryl/α,β-unsaturated/α-hetero) is 1. The van der Waals surface area contributed by atoms with Gasteiger partial charge in [-0.05, 0) is 42.9 Å². The van der Waals surface area contributed by atoms with Crippen LogP contribution in [0.5, 0.6) is 0 Å². The lowest BCUT2D eigenvalue weighted by Crippen LogP contribution is -2.34. The zero-order valence-electron chi connectivity index (χ0n) is 11.1. The Kier molecular flexibility index (Phi) is 3.61. The topological polar surface area (TPSA) is 54.5 Å². The Labute approximate surface area is 121 Å². The summed E-state index contributed by atoms with van der Waals surface area (Å²) in [7, 11) is 0. The van der Waals surface area contributed by atoms with E-state index in [0.717, 1.165) is 35.9 Å². The second kappa shape index (κ2) is 5.40. The monoisotopic (exact) mass is 289 g/mol. The number of hydrogen-bond acceptors (Lipinski definition) is 4. The van der Waals surface area contributed by atoms with Crippen LogP contribution in [0.15, 0.2) is 18.2 Å². The first kappa shape index (κ1) is 13.4. The maximum Gasteiger partial charge on any atom is 0.289 e. The normalized spacial score (nSPS) is 18.3. The number of imide groups is 1. The van der Waals surface area contributed by atoms with Gasteiger partial charge in [-0.3, -0.25) is 19.3 Å². The van der Waals surface area contributed by atoms with Crippen LogP contribution in [0.3, 0.4) is 0 Å². The third-order valence-corrected chi connectivity index (χ3v) is 4.67. The fourth-order valence-electron chi connectivity index (χ4n) is 2.68. The summed E-state index contributed by atoms with van der Waals surface area (Å²) in [5.41, 5.74) is 3.15. The summed E-state index contributed by atoms with van der Waals surface area (Å²) < 4.78 is 0. The second-order valence-corrected chi connectivity index (χ2v) is 6.07. The summed E-state index contributed by atoms with van der Waals surface area (Å²) in [4.78, 5) is 36.3. The molecule has 0 saturated carbocycles. The molecule has 0 aromatic heterocycles. The quantitative estimate of drug-likeness (QED) is 0.802. The minimum absolute atomic E-state index is 0.135. The lowest BCUT2D eigenvalue weighted by atomic mass is 9.90. The minimum atomic E-state index is -0.318. The van der Waals surface area contributed by atoms with Gasteiger partial charge in [0.25, 0.3) is 5.24 Å². The second-order valence-electron chi connectivity index (χ2n) is 5.15. The van der Waals surface area contributed by atoms with Crippen LogP contribution in [0.1, 0.15) is 34.3 Å². The average Bonchev–Trinajstić information content (AvgIpc) is 2.78. The highest BCUT2D eigenvalue weighted by atomic mass is 32.2. The van der Waals surface area contributed by atoms with E-state index in [4.69, 9.17) is 0 Å². The standard InChI is InChI=1S/C15H15NO3S/c17-13(8-16-14(18)9-20-15(16)19)12-6-5-10-3-1-2-4-11(10)7-12/h5-7H,1-4,8-9H2. The van der Waals surface area contributed by atoms with E-state index in [1.165, 1.54) is 17.5 Å². The van der Waals surface area contributed by atoms with Crippen LogP contribution < -0.4 is 0 Å². The molecule has 1 aromatic rings. The predicted octanol–water partition coefficient (Wildman–Crippen LogP) is 2.44. The molecule has 3 rings (SSSR count). The summed E-state index contributed by atoms with van der Waals surface area (Å²) in [6, 6.07) is 5.74. The maximum atomic E-state index is 12.2. The summed E-state index contributed by atoms with van der Waals surface area (Å²) in [6.45, 7) is -0.135. The van der Waals surface area contributed by atoms with Crippen LogP contribution in [0, 0.1) is 0 Å². The largest absolute Gasteiger partial charge is 0.292 e. The van der Waals surface area contributed by atoms with E-state index in [-0.39, 0.29) is 29.2 Å². The molecule has 1 aliphatic heterocycles.